The van der Waals surface area contributed by atoms with E-state index in [4.69, 9.17) is 0 Å². The van der Waals surface area contributed by atoms with Gasteiger partial charge in [0.2, 0.25) is 5.91 Å². The van der Waals surface area contributed by atoms with E-state index in [1.165, 1.54) is 18.4 Å². The first kappa shape index (κ1) is 18.2. The standard InChI is InChI=1S/C22H30N4O/c1-17-15-24-25(16-17)13-11-21(27)26-14-10-19(18-7-3-2-4-8-18)22-20(26)9-5-6-12-23-22/h2-4,7-8,15-16,19-20,22-23H,5-6,9-14H2,1H3/t19-,20-,22-/m1/s1. The van der Waals surface area contributed by atoms with Crippen LogP contribution in [0.25, 0.3) is 0 Å². The fraction of sp³-hybridized carbons (Fsp3) is 0.545. The van der Waals surface area contributed by atoms with Crippen molar-refractivity contribution in [3.63, 3.8) is 0 Å². The number of hydrogen-bond donors (Lipinski definition) is 1. The summed E-state index contributed by atoms with van der Waals surface area (Å²) in [6.45, 7) is 4.61. The lowest BCUT2D eigenvalue weighted by molar-refractivity contribution is -0.136. The smallest absolute Gasteiger partial charge is 0.224 e. The monoisotopic (exact) mass is 366 g/mol. The van der Waals surface area contributed by atoms with Gasteiger partial charge in [-0.2, -0.15) is 5.10 Å². The normalized spacial score (nSPS) is 25.7. The summed E-state index contributed by atoms with van der Waals surface area (Å²) in [5.41, 5.74) is 2.54. The summed E-state index contributed by atoms with van der Waals surface area (Å²) in [4.78, 5) is 15.2. The first-order chi connectivity index (χ1) is 13.2. The van der Waals surface area contributed by atoms with Gasteiger partial charge in [0.05, 0.1) is 6.20 Å². The van der Waals surface area contributed by atoms with Crippen LogP contribution in [-0.4, -0.2) is 45.8 Å². The van der Waals surface area contributed by atoms with Gasteiger partial charge in [0.15, 0.2) is 0 Å². The third kappa shape index (κ3) is 4.08. The number of carbonyl (C=O) groups is 1. The number of aryl methyl sites for hydroxylation is 2. The summed E-state index contributed by atoms with van der Waals surface area (Å²) in [7, 11) is 0. The highest BCUT2D eigenvalue weighted by atomic mass is 16.2. The lowest BCUT2D eigenvalue weighted by atomic mass is 9.79. The van der Waals surface area contributed by atoms with Crippen molar-refractivity contribution in [1.29, 1.82) is 0 Å². The first-order valence-electron chi connectivity index (χ1n) is 10.3. The van der Waals surface area contributed by atoms with Gasteiger partial charge in [0, 0.05) is 43.7 Å². The highest BCUT2D eigenvalue weighted by Crippen LogP contribution is 2.35. The van der Waals surface area contributed by atoms with Gasteiger partial charge < -0.3 is 10.2 Å². The number of nitrogens with one attached hydrogen (secondary N) is 1. The maximum absolute atomic E-state index is 13.0. The van der Waals surface area contributed by atoms with E-state index < -0.39 is 0 Å². The van der Waals surface area contributed by atoms with Crippen LogP contribution in [0.1, 0.15) is 49.1 Å². The number of hydrogen-bond acceptors (Lipinski definition) is 3. The van der Waals surface area contributed by atoms with Gasteiger partial charge in [-0.25, -0.2) is 0 Å². The third-order valence-corrected chi connectivity index (χ3v) is 6.10. The second-order valence-electron chi connectivity index (χ2n) is 7.97. The van der Waals surface area contributed by atoms with E-state index in [1.54, 1.807) is 0 Å². The Hall–Kier alpha value is -2.14. The highest BCUT2D eigenvalue weighted by Gasteiger charge is 2.40. The van der Waals surface area contributed by atoms with Crippen LogP contribution in [0.5, 0.6) is 0 Å². The van der Waals surface area contributed by atoms with Crippen LogP contribution < -0.4 is 5.32 Å². The molecule has 2 aromatic rings. The Balaban J connectivity index is 1.48. The largest absolute Gasteiger partial charge is 0.338 e. The van der Waals surface area contributed by atoms with Crippen molar-refractivity contribution in [1.82, 2.24) is 20.0 Å². The minimum atomic E-state index is 0.272. The average molecular weight is 367 g/mol. The minimum Gasteiger partial charge on any atom is -0.338 e. The Morgan fingerprint density at radius 3 is 2.85 bits per heavy atom. The molecule has 1 N–H and O–H groups in total. The first-order valence-corrected chi connectivity index (χ1v) is 10.3. The molecule has 1 amide bonds. The van der Waals surface area contributed by atoms with Crippen LogP contribution in [0.4, 0.5) is 0 Å². The van der Waals surface area contributed by atoms with Crippen LogP contribution in [0.15, 0.2) is 42.7 Å². The van der Waals surface area contributed by atoms with Crippen LogP contribution in [0.2, 0.25) is 0 Å². The number of carbonyl (C=O) groups excluding carboxylic acids is 1. The molecule has 0 spiro atoms. The molecule has 2 aliphatic rings. The summed E-state index contributed by atoms with van der Waals surface area (Å²) < 4.78 is 1.88. The Bertz CT molecular complexity index is 757. The molecule has 2 saturated heterocycles. The molecule has 27 heavy (non-hydrogen) atoms. The number of piperidine rings is 1. The van der Waals surface area contributed by atoms with E-state index in [9.17, 15) is 4.79 Å². The molecule has 0 radical (unpaired) electrons. The molecular formula is C22H30N4O. The van der Waals surface area contributed by atoms with Gasteiger partial charge in [-0.3, -0.25) is 9.48 Å². The quantitative estimate of drug-likeness (QED) is 0.905. The maximum Gasteiger partial charge on any atom is 0.224 e. The SMILES string of the molecule is Cc1cnn(CCC(=O)N2CC[C@H](c3ccccc3)[C@H]3NCCCC[C@H]32)c1. The Labute approximate surface area is 161 Å². The van der Waals surface area contributed by atoms with Crippen molar-refractivity contribution in [2.45, 2.75) is 63.6 Å². The van der Waals surface area contributed by atoms with Crippen molar-refractivity contribution in [2.24, 2.45) is 0 Å². The van der Waals surface area contributed by atoms with Gasteiger partial charge in [0.1, 0.15) is 0 Å². The lowest BCUT2D eigenvalue weighted by Crippen LogP contribution is -2.58. The van der Waals surface area contributed by atoms with Crippen molar-refractivity contribution in [3.05, 3.63) is 53.9 Å². The molecule has 5 heteroatoms. The van der Waals surface area contributed by atoms with E-state index in [2.05, 4.69) is 45.6 Å². The van der Waals surface area contributed by atoms with Crippen molar-refractivity contribution >= 4 is 5.91 Å². The molecule has 3 atom stereocenters. The summed E-state index contributed by atoms with van der Waals surface area (Å²) in [5, 5.41) is 8.10. The number of amides is 1. The molecule has 0 unspecified atom stereocenters. The zero-order valence-corrected chi connectivity index (χ0v) is 16.2. The number of aromatic nitrogens is 2. The van der Waals surface area contributed by atoms with Crippen LogP contribution in [-0.2, 0) is 11.3 Å². The number of fused-ring (bicyclic) bond motifs is 1. The molecule has 2 fully saturated rings. The predicted octanol–water partition coefficient (Wildman–Crippen LogP) is 3.11. The van der Waals surface area contributed by atoms with Gasteiger partial charge >= 0.3 is 0 Å². The molecule has 4 rings (SSSR count). The van der Waals surface area contributed by atoms with E-state index >= 15 is 0 Å². The maximum atomic E-state index is 13.0. The average Bonchev–Trinajstić information content (AvgIpc) is 2.96. The van der Waals surface area contributed by atoms with Crippen LogP contribution in [0, 0.1) is 6.92 Å². The van der Waals surface area contributed by atoms with Crippen molar-refractivity contribution in [3.8, 4) is 0 Å². The van der Waals surface area contributed by atoms with Crippen LogP contribution in [0.3, 0.4) is 0 Å². The molecular weight excluding hydrogens is 336 g/mol. The van der Waals surface area contributed by atoms with E-state index in [-0.39, 0.29) is 5.91 Å². The number of benzene rings is 1. The van der Waals surface area contributed by atoms with E-state index in [1.807, 2.05) is 24.0 Å². The summed E-state index contributed by atoms with van der Waals surface area (Å²) in [6.07, 6.45) is 8.91. The molecule has 2 aliphatic heterocycles. The van der Waals surface area contributed by atoms with Crippen molar-refractivity contribution < 1.29 is 4.79 Å². The minimum absolute atomic E-state index is 0.272. The molecule has 0 aliphatic carbocycles. The second kappa shape index (κ2) is 8.26. The van der Waals surface area contributed by atoms with Gasteiger partial charge in [-0.15, -0.1) is 0 Å². The third-order valence-electron chi connectivity index (χ3n) is 6.10. The predicted molar refractivity (Wildman–Crippen MR) is 107 cm³/mol. The van der Waals surface area contributed by atoms with Gasteiger partial charge in [-0.1, -0.05) is 36.8 Å². The molecule has 0 saturated carbocycles. The van der Waals surface area contributed by atoms with E-state index in [0.29, 0.717) is 31.0 Å². The molecule has 1 aromatic heterocycles. The molecule has 5 nitrogen and oxygen atoms in total. The highest BCUT2D eigenvalue weighted by molar-refractivity contribution is 5.76. The molecule has 144 valence electrons. The summed E-state index contributed by atoms with van der Waals surface area (Å²) >= 11 is 0. The number of nitrogens with zero attached hydrogens (tertiary/aromatic N) is 3. The van der Waals surface area contributed by atoms with Gasteiger partial charge in [0.25, 0.3) is 0 Å². The number of likely N-dealkylation sites (tertiary alicyclic amines) is 1. The molecule has 3 heterocycles. The summed E-state index contributed by atoms with van der Waals surface area (Å²) in [6, 6.07) is 11.5. The van der Waals surface area contributed by atoms with Crippen LogP contribution >= 0.6 is 0 Å². The zero-order valence-electron chi connectivity index (χ0n) is 16.2. The fourth-order valence-electron chi connectivity index (χ4n) is 4.77. The zero-order chi connectivity index (χ0) is 18.6. The Morgan fingerprint density at radius 1 is 1.22 bits per heavy atom. The van der Waals surface area contributed by atoms with Crippen molar-refractivity contribution in [2.75, 3.05) is 13.1 Å². The summed E-state index contributed by atoms with van der Waals surface area (Å²) in [5.74, 6) is 0.764. The number of rotatable bonds is 4. The Kier molecular flexibility index (Phi) is 5.58. The van der Waals surface area contributed by atoms with Gasteiger partial charge in [-0.05, 0) is 43.9 Å². The topological polar surface area (TPSA) is 50.2 Å². The molecule has 1 aromatic carbocycles. The Morgan fingerprint density at radius 2 is 2.07 bits per heavy atom. The molecule has 0 bridgehead atoms. The van der Waals surface area contributed by atoms with E-state index in [0.717, 1.165) is 31.5 Å². The fourth-order valence-corrected chi connectivity index (χ4v) is 4.77. The second-order valence-corrected chi connectivity index (χ2v) is 7.97. The lowest BCUT2D eigenvalue weighted by Gasteiger charge is -2.45.